The average Bonchev–Trinajstić information content (AvgIpc) is 3.03. The number of rotatable bonds is 5. The van der Waals surface area contributed by atoms with E-state index in [1.807, 2.05) is 4.72 Å². The molecule has 0 aliphatic rings. The summed E-state index contributed by atoms with van der Waals surface area (Å²) in [5.74, 6) is -1.88. The summed E-state index contributed by atoms with van der Waals surface area (Å²) in [6.07, 6.45) is 3.26. The van der Waals surface area contributed by atoms with Gasteiger partial charge in [0.15, 0.2) is 15.7 Å². The van der Waals surface area contributed by atoms with E-state index in [9.17, 15) is 21.2 Å². The molecule has 0 aliphatic carbocycles. The number of ether oxygens (including phenoxy) is 1. The van der Waals surface area contributed by atoms with E-state index in [0.717, 1.165) is 12.3 Å². The van der Waals surface area contributed by atoms with Crippen molar-refractivity contribution in [2.75, 3.05) is 18.1 Å². The lowest BCUT2D eigenvalue weighted by atomic mass is 10.1. The summed E-state index contributed by atoms with van der Waals surface area (Å²) in [5.41, 5.74) is -0.635. The molecule has 31 heavy (non-hydrogen) atoms. The minimum absolute atomic E-state index is 0.0246. The van der Waals surface area contributed by atoms with Gasteiger partial charge in [0.1, 0.15) is 22.1 Å². The molecule has 168 valence electrons. The lowest BCUT2D eigenvalue weighted by Gasteiger charge is -2.21. The highest BCUT2D eigenvalue weighted by molar-refractivity contribution is 7.93. The molecule has 12 heteroatoms. The van der Waals surface area contributed by atoms with Crippen LogP contribution in [0.15, 0.2) is 35.5 Å². The topological polar surface area (TPSA) is 107 Å². The van der Waals surface area contributed by atoms with Crippen molar-refractivity contribution in [2.24, 2.45) is 0 Å². The molecule has 3 rings (SSSR count). The maximum Gasteiger partial charge on any atom is 0.229 e. The largest absolute Gasteiger partial charge is 0.495 e. The molecular formula is C19H21F2N3O5S2. The molecule has 0 aliphatic heterocycles. The molecule has 0 saturated carbocycles. The molecule has 0 fully saturated rings. The van der Waals surface area contributed by atoms with Gasteiger partial charge in [-0.3, -0.25) is 9.12 Å². The number of hydrogen-bond acceptors (Lipinski definition) is 6. The Kier molecular flexibility index (Phi) is 5.51. The lowest BCUT2D eigenvalue weighted by molar-refractivity contribution is 0.401. The number of anilines is 1. The van der Waals surface area contributed by atoms with Gasteiger partial charge < -0.3 is 4.74 Å². The van der Waals surface area contributed by atoms with Crippen LogP contribution in [-0.2, 0) is 19.9 Å². The van der Waals surface area contributed by atoms with Crippen LogP contribution in [0.25, 0.3) is 16.9 Å². The third-order valence-corrected chi connectivity index (χ3v) is 7.59. The molecule has 0 atom stereocenters. The van der Waals surface area contributed by atoms with Crippen LogP contribution in [0.2, 0.25) is 0 Å². The molecule has 8 nitrogen and oxygen atoms in total. The van der Waals surface area contributed by atoms with E-state index in [4.69, 9.17) is 4.74 Å². The monoisotopic (exact) mass is 473 g/mol. The number of nitrogens with one attached hydrogen (secondary N) is 1. The highest BCUT2D eigenvalue weighted by Crippen LogP contribution is 2.36. The Morgan fingerprint density at radius 2 is 1.74 bits per heavy atom. The highest BCUT2D eigenvalue weighted by atomic mass is 32.2. The van der Waals surface area contributed by atoms with Gasteiger partial charge in [-0.15, -0.1) is 0 Å². The number of sulfonamides is 1. The first-order chi connectivity index (χ1) is 14.2. The van der Waals surface area contributed by atoms with E-state index in [1.54, 1.807) is 0 Å². The molecule has 0 unspecified atom stereocenters. The van der Waals surface area contributed by atoms with Crippen molar-refractivity contribution in [3.63, 3.8) is 0 Å². The van der Waals surface area contributed by atoms with Crippen LogP contribution in [0.3, 0.4) is 0 Å². The molecule has 1 aromatic carbocycles. The second-order valence-corrected chi connectivity index (χ2v) is 12.3. The summed E-state index contributed by atoms with van der Waals surface area (Å²) in [5, 5.41) is 0. The third-order valence-electron chi connectivity index (χ3n) is 4.50. The summed E-state index contributed by atoms with van der Waals surface area (Å²) in [6, 6.07) is 2.95. The summed E-state index contributed by atoms with van der Waals surface area (Å²) in [4.78, 5) is 3.97. The van der Waals surface area contributed by atoms with Crippen molar-refractivity contribution in [3.05, 3.63) is 42.2 Å². The maximum absolute atomic E-state index is 15.1. The molecule has 2 aromatic heterocycles. The van der Waals surface area contributed by atoms with Crippen LogP contribution in [0, 0.1) is 11.6 Å². The van der Waals surface area contributed by atoms with Crippen molar-refractivity contribution in [1.29, 1.82) is 0 Å². The Morgan fingerprint density at radius 3 is 2.29 bits per heavy atom. The minimum atomic E-state index is -3.87. The molecule has 0 amide bonds. The first-order valence-electron chi connectivity index (χ1n) is 8.92. The third kappa shape index (κ3) is 4.22. The number of fused-ring (bicyclic) bond motifs is 1. The fraction of sp³-hybridized carbons (Fsp3) is 0.316. The smallest absolute Gasteiger partial charge is 0.229 e. The van der Waals surface area contributed by atoms with Gasteiger partial charge in [-0.05, 0) is 26.8 Å². The maximum atomic E-state index is 15.1. The standard InChI is InChI=1S/C19H21F2N3O5S2/c1-19(2,3)31(27,28)16-10-24-14(9-22-17(24)8-15(16)29-4)12-6-11(20)7-13(18(12)21)23-30(5,25)26/h6-10,23H,1-5H3. The first-order valence-corrected chi connectivity index (χ1v) is 12.3. The number of aromatic nitrogens is 2. The predicted octanol–water partition coefficient (Wildman–Crippen LogP) is 3.23. The Morgan fingerprint density at radius 1 is 1.10 bits per heavy atom. The fourth-order valence-corrected chi connectivity index (χ4v) is 4.79. The van der Waals surface area contributed by atoms with Gasteiger partial charge in [0, 0.05) is 23.9 Å². The number of hydrogen-bond donors (Lipinski definition) is 1. The van der Waals surface area contributed by atoms with E-state index < -0.39 is 41.9 Å². The average molecular weight is 474 g/mol. The van der Waals surface area contributed by atoms with E-state index in [2.05, 4.69) is 4.98 Å². The zero-order chi connectivity index (χ0) is 23.4. The molecule has 0 spiro atoms. The summed E-state index contributed by atoms with van der Waals surface area (Å²) >= 11 is 0. The molecule has 0 saturated heterocycles. The van der Waals surface area contributed by atoms with E-state index >= 15 is 4.39 Å². The van der Waals surface area contributed by atoms with E-state index in [-0.39, 0.29) is 27.5 Å². The van der Waals surface area contributed by atoms with Gasteiger partial charge in [-0.25, -0.2) is 30.6 Å². The number of methoxy groups -OCH3 is 1. The van der Waals surface area contributed by atoms with Crippen LogP contribution < -0.4 is 9.46 Å². The summed E-state index contributed by atoms with van der Waals surface area (Å²) < 4.78 is 85.6. The predicted molar refractivity (Wildman–Crippen MR) is 113 cm³/mol. The molecule has 1 N–H and O–H groups in total. The Balaban J connectivity index is 2.33. The van der Waals surface area contributed by atoms with Crippen LogP contribution in [0.5, 0.6) is 5.75 Å². The van der Waals surface area contributed by atoms with Crippen LogP contribution in [0.1, 0.15) is 20.8 Å². The Hall–Kier alpha value is -2.73. The van der Waals surface area contributed by atoms with Gasteiger partial charge in [0.05, 0.1) is 35.7 Å². The van der Waals surface area contributed by atoms with Crippen molar-refractivity contribution in [2.45, 2.75) is 30.4 Å². The van der Waals surface area contributed by atoms with Crippen molar-refractivity contribution in [3.8, 4) is 17.0 Å². The summed E-state index contributed by atoms with van der Waals surface area (Å²) in [6.45, 7) is 4.57. The Labute approximate surface area is 178 Å². The molecular weight excluding hydrogens is 452 g/mol. The number of imidazole rings is 1. The fourth-order valence-electron chi connectivity index (χ4n) is 2.93. The van der Waals surface area contributed by atoms with Crippen molar-refractivity contribution in [1.82, 2.24) is 9.38 Å². The number of pyridine rings is 1. The molecule has 0 bridgehead atoms. The number of nitrogens with zero attached hydrogens (tertiary/aromatic N) is 2. The van der Waals surface area contributed by atoms with Gasteiger partial charge in [-0.1, -0.05) is 0 Å². The number of halogens is 2. The minimum Gasteiger partial charge on any atom is -0.495 e. The van der Waals surface area contributed by atoms with Crippen molar-refractivity contribution < 1.29 is 30.4 Å². The molecule has 0 radical (unpaired) electrons. The second kappa shape index (κ2) is 7.45. The second-order valence-electron chi connectivity index (χ2n) is 7.88. The van der Waals surface area contributed by atoms with Crippen molar-refractivity contribution >= 4 is 31.2 Å². The lowest BCUT2D eigenvalue weighted by Crippen LogP contribution is -2.28. The SMILES string of the molecule is COc1cc2ncc(-c3cc(F)cc(NS(C)(=O)=O)c3F)n2cc1S(=O)(=O)C(C)(C)C. The quantitative estimate of drug-likeness (QED) is 0.610. The van der Waals surface area contributed by atoms with Gasteiger partial charge in [0.25, 0.3) is 0 Å². The normalized spacial score (nSPS) is 12.9. The van der Waals surface area contributed by atoms with E-state index in [0.29, 0.717) is 6.07 Å². The number of sulfone groups is 1. The molecule has 3 aromatic rings. The van der Waals surface area contributed by atoms with E-state index in [1.165, 1.54) is 50.7 Å². The summed E-state index contributed by atoms with van der Waals surface area (Å²) in [7, 11) is -6.43. The van der Waals surface area contributed by atoms with Gasteiger partial charge in [-0.2, -0.15) is 0 Å². The van der Waals surface area contributed by atoms with Gasteiger partial charge >= 0.3 is 0 Å². The zero-order valence-electron chi connectivity index (χ0n) is 17.4. The first kappa shape index (κ1) is 22.9. The van der Waals surface area contributed by atoms with Crippen LogP contribution in [0.4, 0.5) is 14.5 Å². The number of benzene rings is 1. The van der Waals surface area contributed by atoms with Crippen LogP contribution in [-0.4, -0.2) is 44.3 Å². The highest BCUT2D eigenvalue weighted by Gasteiger charge is 2.34. The Bertz CT molecular complexity index is 1390. The zero-order valence-corrected chi connectivity index (χ0v) is 19.0. The molecule has 2 heterocycles. The van der Waals surface area contributed by atoms with Gasteiger partial charge in [0.2, 0.25) is 10.0 Å². The van der Waals surface area contributed by atoms with Crippen LogP contribution >= 0.6 is 0 Å².